The van der Waals surface area contributed by atoms with Crippen molar-refractivity contribution in [1.82, 2.24) is 20.2 Å². The highest BCUT2D eigenvalue weighted by Crippen LogP contribution is 2.34. The molecule has 0 bridgehead atoms. The zero-order chi connectivity index (χ0) is 27.1. The minimum Gasteiger partial charge on any atom is -0.493 e. The molecule has 194 valence electrons. The van der Waals surface area contributed by atoms with Crippen LogP contribution in [0.2, 0.25) is 5.02 Å². The first-order valence-electron chi connectivity index (χ1n) is 11.0. The molecule has 0 aliphatic carbocycles. The van der Waals surface area contributed by atoms with E-state index in [1.807, 2.05) is 41.0 Å². The number of nitrogens with zero attached hydrogens (tertiary/aromatic N) is 5. The highest BCUT2D eigenvalue weighted by atomic mass is 35.5. The van der Waals surface area contributed by atoms with Gasteiger partial charge in [-0.15, -0.1) is 10.2 Å². The summed E-state index contributed by atoms with van der Waals surface area (Å²) in [4.78, 5) is 22.9. The van der Waals surface area contributed by atoms with Crippen LogP contribution in [-0.2, 0) is 4.79 Å². The van der Waals surface area contributed by atoms with Crippen molar-refractivity contribution in [2.24, 2.45) is 5.10 Å². The van der Waals surface area contributed by atoms with Gasteiger partial charge in [-0.05, 0) is 36.4 Å². The van der Waals surface area contributed by atoms with Gasteiger partial charge < -0.3 is 9.47 Å². The number of methoxy groups -OCH3 is 2. The molecule has 4 aromatic rings. The zero-order valence-corrected chi connectivity index (χ0v) is 21.8. The Morgan fingerprint density at radius 2 is 1.87 bits per heavy atom. The van der Waals surface area contributed by atoms with E-state index in [-0.39, 0.29) is 16.5 Å². The first-order chi connectivity index (χ1) is 18.4. The van der Waals surface area contributed by atoms with Crippen molar-refractivity contribution < 1.29 is 19.2 Å². The molecule has 11 nitrogen and oxygen atoms in total. The molecule has 0 saturated heterocycles. The number of nitrogens with one attached hydrogen (secondary N) is 1. The van der Waals surface area contributed by atoms with E-state index < -0.39 is 10.8 Å². The molecule has 1 amide bonds. The van der Waals surface area contributed by atoms with Crippen LogP contribution in [0.15, 0.2) is 77.0 Å². The molecular formula is C25H21ClN6O5S. The van der Waals surface area contributed by atoms with Crippen LogP contribution >= 0.6 is 23.4 Å². The van der Waals surface area contributed by atoms with Gasteiger partial charge in [0.25, 0.3) is 11.6 Å². The normalized spacial score (nSPS) is 10.9. The van der Waals surface area contributed by atoms with Gasteiger partial charge in [-0.3, -0.25) is 19.5 Å². The van der Waals surface area contributed by atoms with E-state index in [2.05, 4.69) is 20.7 Å². The number of hydrogen-bond acceptors (Lipinski definition) is 9. The Bertz CT molecular complexity index is 1500. The van der Waals surface area contributed by atoms with E-state index >= 15 is 0 Å². The number of benzene rings is 3. The molecule has 1 aromatic heterocycles. The van der Waals surface area contributed by atoms with Crippen LogP contribution in [0.5, 0.6) is 11.5 Å². The van der Waals surface area contributed by atoms with Crippen molar-refractivity contribution in [3.8, 4) is 28.6 Å². The molecule has 3 aromatic carbocycles. The molecule has 0 aliphatic rings. The molecule has 38 heavy (non-hydrogen) atoms. The summed E-state index contributed by atoms with van der Waals surface area (Å²) in [5.41, 5.74) is 4.14. The average Bonchev–Trinajstić information content (AvgIpc) is 3.36. The number of halogens is 1. The summed E-state index contributed by atoms with van der Waals surface area (Å²) in [5.74, 6) is 1.29. The largest absolute Gasteiger partial charge is 0.493 e. The highest BCUT2D eigenvalue weighted by Gasteiger charge is 2.19. The number of para-hydroxylation sites is 1. The maximum Gasteiger partial charge on any atom is 0.288 e. The average molecular weight is 553 g/mol. The highest BCUT2D eigenvalue weighted by molar-refractivity contribution is 7.99. The van der Waals surface area contributed by atoms with Crippen molar-refractivity contribution in [1.29, 1.82) is 0 Å². The van der Waals surface area contributed by atoms with Crippen LogP contribution in [0.1, 0.15) is 5.56 Å². The summed E-state index contributed by atoms with van der Waals surface area (Å²) in [6.07, 6.45) is 1.30. The van der Waals surface area contributed by atoms with E-state index in [1.165, 1.54) is 30.1 Å². The van der Waals surface area contributed by atoms with Gasteiger partial charge in [-0.1, -0.05) is 47.6 Å². The van der Waals surface area contributed by atoms with Crippen LogP contribution in [0.3, 0.4) is 0 Å². The summed E-state index contributed by atoms with van der Waals surface area (Å²) in [7, 11) is 3.12. The lowest BCUT2D eigenvalue weighted by Gasteiger charge is -2.12. The lowest BCUT2D eigenvalue weighted by molar-refractivity contribution is -0.384. The van der Waals surface area contributed by atoms with E-state index in [4.69, 9.17) is 21.1 Å². The Morgan fingerprint density at radius 3 is 2.58 bits per heavy atom. The molecule has 0 fully saturated rings. The van der Waals surface area contributed by atoms with Gasteiger partial charge in [0.1, 0.15) is 5.02 Å². The summed E-state index contributed by atoms with van der Waals surface area (Å²) >= 11 is 7.00. The molecular weight excluding hydrogens is 532 g/mol. The number of nitro groups is 1. The van der Waals surface area contributed by atoms with Crippen molar-refractivity contribution in [3.63, 3.8) is 0 Å². The molecule has 0 unspecified atom stereocenters. The number of carbonyl (C=O) groups is 1. The predicted octanol–water partition coefficient (Wildman–Crippen LogP) is 4.76. The molecule has 0 saturated carbocycles. The number of aromatic nitrogens is 3. The van der Waals surface area contributed by atoms with Gasteiger partial charge in [0, 0.05) is 22.9 Å². The van der Waals surface area contributed by atoms with Crippen molar-refractivity contribution in [2.45, 2.75) is 5.16 Å². The van der Waals surface area contributed by atoms with E-state index in [0.717, 1.165) is 11.3 Å². The zero-order valence-electron chi connectivity index (χ0n) is 20.2. The quantitative estimate of drug-likeness (QED) is 0.129. The van der Waals surface area contributed by atoms with Crippen molar-refractivity contribution in [2.75, 3.05) is 20.0 Å². The Morgan fingerprint density at radius 1 is 1.11 bits per heavy atom. The lowest BCUT2D eigenvalue weighted by atomic mass is 10.2. The predicted molar refractivity (Wildman–Crippen MR) is 144 cm³/mol. The number of thioether (sulfide) groups is 1. The second-order valence-corrected chi connectivity index (χ2v) is 8.95. The molecule has 0 spiro atoms. The third-order valence-corrected chi connectivity index (χ3v) is 6.44. The fourth-order valence-electron chi connectivity index (χ4n) is 3.43. The Labute approximate surface area is 226 Å². The molecule has 0 aliphatic heterocycles. The van der Waals surface area contributed by atoms with E-state index in [0.29, 0.717) is 28.0 Å². The molecule has 13 heteroatoms. The molecule has 1 heterocycles. The SMILES string of the molecule is COc1ccc(-c2nnc(SCC(=O)N/N=C\c3ccc(Cl)c([N+](=O)[O-])c3)n2-c2ccccc2)cc1OC. The topological polar surface area (TPSA) is 134 Å². The second-order valence-electron chi connectivity index (χ2n) is 7.60. The van der Waals surface area contributed by atoms with Crippen LogP contribution in [-0.4, -0.2) is 51.8 Å². The molecule has 1 N–H and O–H groups in total. The Balaban J connectivity index is 1.52. The van der Waals surface area contributed by atoms with Gasteiger partial charge in [0.15, 0.2) is 22.5 Å². The van der Waals surface area contributed by atoms with Crippen molar-refractivity contribution >= 4 is 41.2 Å². The van der Waals surface area contributed by atoms with Crippen LogP contribution in [0, 0.1) is 10.1 Å². The van der Waals surface area contributed by atoms with Gasteiger partial charge in [-0.25, -0.2) is 5.43 Å². The number of rotatable bonds is 10. The number of hydrazone groups is 1. The summed E-state index contributed by atoms with van der Waals surface area (Å²) in [5, 5.41) is 24.1. The lowest BCUT2D eigenvalue weighted by Crippen LogP contribution is -2.20. The molecule has 4 rings (SSSR count). The van der Waals surface area contributed by atoms with Crippen molar-refractivity contribution in [3.05, 3.63) is 87.4 Å². The summed E-state index contributed by atoms with van der Waals surface area (Å²) < 4.78 is 12.6. The smallest absolute Gasteiger partial charge is 0.288 e. The first kappa shape index (κ1) is 26.6. The number of carbonyl (C=O) groups excluding carboxylic acids is 1. The second kappa shape index (κ2) is 12.2. The van der Waals surface area contributed by atoms with Crippen LogP contribution in [0.25, 0.3) is 17.1 Å². The fourth-order valence-corrected chi connectivity index (χ4v) is 4.36. The molecule has 0 atom stereocenters. The summed E-state index contributed by atoms with van der Waals surface area (Å²) in [6.45, 7) is 0. The number of hydrogen-bond donors (Lipinski definition) is 1. The number of amides is 1. The van der Waals surface area contributed by atoms with Crippen LogP contribution < -0.4 is 14.9 Å². The first-order valence-corrected chi connectivity index (χ1v) is 12.4. The minimum atomic E-state index is -0.589. The van der Waals surface area contributed by atoms with E-state index in [1.54, 1.807) is 32.4 Å². The Hall–Kier alpha value is -4.42. The minimum absolute atomic E-state index is 0.00495. The van der Waals surface area contributed by atoms with Crippen LogP contribution in [0.4, 0.5) is 5.69 Å². The van der Waals surface area contributed by atoms with Gasteiger partial charge in [0.2, 0.25) is 0 Å². The van der Waals surface area contributed by atoms with E-state index in [9.17, 15) is 14.9 Å². The Kier molecular flexibility index (Phi) is 8.56. The summed E-state index contributed by atoms with van der Waals surface area (Å²) in [6, 6.07) is 19.2. The van der Waals surface area contributed by atoms with Gasteiger partial charge in [-0.2, -0.15) is 5.10 Å². The fraction of sp³-hybridized carbons (Fsp3) is 0.120. The maximum absolute atomic E-state index is 12.5. The third kappa shape index (κ3) is 6.10. The monoisotopic (exact) mass is 552 g/mol. The maximum atomic E-state index is 12.5. The number of ether oxygens (including phenoxy) is 2. The van der Waals surface area contributed by atoms with Gasteiger partial charge in [0.05, 0.1) is 31.1 Å². The molecule has 0 radical (unpaired) electrons. The third-order valence-electron chi connectivity index (χ3n) is 5.19. The van der Waals surface area contributed by atoms with Gasteiger partial charge >= 0.3 is 0 Å². The standard InChI is InChI=1S/C25H21ClN6O5S/c1-36-21-11-9-17(13-22(21)37-2)24-29-30-25(31(24)18-6-4-3-5-7-18)38-15-23(33)28-27-14-16-8-10-19(26)20(12-16)32(34)35/h3-14H,15H2,1-2H3,(H,28,33)/b27-14-. The number of nitro benzene ring substituents is 1.